The number of thioether (sulfide) groups is 1. The van der Waals surface area contributed by atoms with Crippen molar-refractivity contribution >= 4 is 23.4 Å². The molecular formula is C16H15NO5S. The SMILES string of the molecule is COc1ccc(C(CSc2ccccc2[N+](=O)[O-])C(=O)O)cc1. The fraction of sp³-hybridized carbons (Fsp3) is 0.188. The molecule has 7 heteroatoms. The van der Waals surface area contributed by atoms with Crippen molar-refractivity contribution in [1.82, 2.24) is 0 Å². The van der Waals surface area contributed by atoms with Crippen molar-refractivity contribution in [3.63, 3.8) is 0 Å². The van der Waals surface area contributed by atoms with E-state index < -0.39 is 16.8 Å². The normalized spacial score (nSPS) is 11.7. The van der Waals surface area contributed by atoms with E-state index in [2.05, 4.69) is 0 Å². The average molecular weight is 333 g/mol. The first kappa shape index (κ1) is 16.8. The summed E-state index contributed by atoms with van der Waals surface area (Å²) < 4.78 is 5.05. The second-order valence-corrected chi connectivity index (χ2v) is 5.76. The molecule has 2 aromatic rings. The van der Waals surface area contributed by atoms with Gasteiger partial charge in [-0.25, -0.2) is 0 Å². The molecule has 0 spiro atoms. The molecule has 1 N–H and O–H groups in total. The first-order valence-corrected chi connectivity index (χ1v) is 7.74. The van der Waals surface area contributed by atoms with Crippen molar-refractivity contribution in [2.75, 3.05) is 12.9 Å². The summed E-state index contributed by atoms with van der Waals surface area (Å²) in [7, 11) is 1.54. The van der Waals surface area contributed by atoms with Crippen LogP contribution in [0.1, 0.15) is 11.5 Å². The number of nitro benzene ring substituents is 1. The number of ether oxygens (including phenoxy) is 1. The van der Waals surface area contributed by atoms with E-state index in [1.807, 2.05) is 0 Å². The zero-order valence-corrected chi connectivity index (χ0v) is 13.2. The molecule has 0 amide bonds. The maximum absolute atomic E-state index is 11.5. The minimum absolute atomic E-state index is 0.0173. The molecule has 0 aliphatic heterocycles. The van der Waals surface area contributed by atoms with Crippen molar-refractivity contribution in [2.24, 2.45) is 0 Å². The van der Waals surface area contributed by atoms with Crippen molar-refractivity contribution in [3.05, 3.63) is 64.2 Å². The van der Waals surface area contributed by atoms with Gasteiger partial charge in [-0.3, -0.25) is 14.9 Å². The van der Waals surface area contributed by atoms with Crippen LogP contribution in [-0.2, 0) is 4.79 Å². The lowest BCUT2D eigenvalue weighted by molar-refractivity contribution is -0.387. The third kappa shape index (κ3) is 4.23. The smallest absolute Gasteiger partial charge is 0.311 e. The molecule has 23 heavy (non-hydrogen) atoms. The topological polar surface area (TPSA) is 89.7 Å². The number of aliphatic carboxylic acids is 1. The van der Waals surface area contributed by atoms with E-state index in [-0.39, 0.29) is 11.4 Å². The Balaban J connectivity index is 2.17. The summed E-state index contributed by atoms with van der Waals surface area (Å²) in [6, 6.07) is 13.1. The van der Waals surface area contributed by atoms with Crippen LogP contribution in [0.25, 0.3) is 0 Å². The molecule has 0 bridgehead atoms. The summed E-state index contributed by atoms with van der Waals surface area (Å²) in [5.74, 6) is -0.886. The summed E-state index contributed by atoms with van der Waals surface area (Å²) >= 11 is 1.16. The summed E-state index contributed by atoms with van der Waals surface area (Å²) in [4.78, 5) is 22.5. The quantitative estimate of drug-likeness (QED) is 0.473. The van der Waals surface area contributed by atoms with Gasteiger partial charge in [-0.2, -0.15) is 0 Å². The summed E-state index contributed by atoms with van der Waals surface area (Å²) in [5.41, 5.74) is 0.612. The van der Waals surface area contributed by atoms with Gasteiger partial charge in [0.25, 0.3) is 5.69 Å². The van der Waals surface area contributed by atoms with Gasteiger partial charge in [-0.15, -0.1) is 11.8 Å². The van der Waals surface area contributed by atoms with E-state index in [0.29, 0.717) is 16.2 Å². The highest BCUT2D eigenvalue weighted by Gasteiger charge is 2.22. The van der Waals surface area contributed by atoms with Crippen molar-refractivity contribution in [3.8, 4) is 5.75 Å². The van der Waals surface area contributed by atoms with E-state index in [4.69, 9.17) is 4.74 Å². The Labute approximate surface area is 137 Å². The number of hydrogen-bond donors (Lipinski definition) is 1. The first-order chi connectivity index (χ1) is 11.0. The predicted molar refractivity (Wildman–Crippen MR) is 87.2 cm³/mol. The van der Waals surface area contributed by atoms with Crippen molar-refractivity contribution < 1.29 is 19.6 Å². The summed E-state index contributed by atoms with van der Waals surface area (Å²) in [6.45, 7) is 0. The number of benzene rings is 2. The molecule has 0 saturated carbocycles. The third-order valence-electron chi connectivity index (χ3n) is 3.28. The van der Waals surface area contributed by atoms with Gasteiger partial charge >= 0.3 is 5.97 Å². The molecule has 120 valence electrons. The number of nitro groups is 1. The van der Waals surface area contributed by atoms with Crippen molar-refractivity contribution in [1.29, 1.82) is 0 Å². The van der Waals surface area contributed by atoms with E-state index in [1.54, 1.807) is 42.5 Å². The average Bonchev–Trinajstić information content (AvgIpc) is 2.55. The fourth-order valence-electron chi connectivity index (χ4n) is 2.05. The van der Waals surface area contributed by atoms with Crippen molar-refractivity contribution in [2.45, 2.75) is 10.8 Å². The molecule has 0 radical (unpaired) electrons. The highest BCUT2D eigenvalue weighted by molar-refractivity contribution is 7.99. The number of carbonyl (C=O) groups is 1. The number of carboxylic acid groups (broad SMARTS) is 1. The van der Waals surface area contributed by atoms with Gasteiger partial charge in [0.05, 0.1) is 22.8 Å². The molecule has 0 aromatic heterocycles. The van der Waals surface area contributed by atoms with Gasteiger partial charge in [0.1, 0.15) is 5.75 Å². The van der Waals surface area contributed by atoms with E-state index >= 15 is 0 Å². The zero-order valence-electron chi connectivity index (χ0n) is 12.3. The highest BCUT2D eigenvalue weighted by Crippen LogP contribution is 2.33. The molecule has 1 atom stereocenters. The number of hydrogen-bond acceptors (Lipinski definition) is 5. The second kappa shape index (κ2) is 7.64. The minimum Gasteiger partial charge on any atom is -0.497 e. The molecule has 2 aromatic carbocycles. The van der Waals surface area contributed by atoms with E-state index in [0.717, 1.165) is 11.8 Å². The van der Waals surface area contributed by atoms with Crippen LogP contribution in [-0.4, -0.2) is 28.9 Å². The van der Waals surface area contributed by atoms with Crippen LogP contribution in [0.4, 0.5) is 5.69 Å². The standard InChI is InChI=1S/C16H15NO5S/c1-22-12-8-6-11(7-9-12)13(16(18)19)10-23-15-5-3-2-4-14(15)17(20)21/h2-9,13H,10H2,1H3,(H,18,19). The first-order valence-electron chi connectivity index (χ1n) is 6.76. The fourth-order valence-corrected chi connectivity index (χ4v) is 3.20. The monoisotopic (exact) mass is 333 g/mol. The number of para-hydroxylation sites is 1. The minimum atomic E-state index is -0.971. The van der Waals surface area contributed by atoms with Crippen LogP contribution in [0.3, 0.4) is 0 Å². The Kier molecular flexibility index (Phi) is 5.59. The molecule has 0 heterocycles. The third-order valence-corrected chi connectivity index (χ3v) is 4.44. The van der Waals surface area contributed by atoms with Crippen LogP contribution in [0.2, 0.25) is 0 Å². The molecule has 0 fully saturated rings. The molecule has 1 unspecified atom stereocenters. The predicted octanol–water partition coefficient (Wildman–Crippen LogP) is 3.56. The van der Waals surface area contributed by atoms with Gasteiger partial charge in [0, 0.05) is 11.8 Å². The largest absolute Gasteiger partial charge is 0.497 e. The Morgan fingerprint density at radius 3 is 2.48 bits per heavy atom. The van der Waals surface area contributed by atoms with Crippen LogP contribution in [0.15, 0.2) is 53.4 Å². The lowest BCUT2D eigenvalue weighted by Crippen LogP contribution is -2.14. The van der Waals surface area contributed by atoms with Gasteiger partial charge in [0.15, 0.2) is 0 Å². The lowest BCUT2D eigenvalue weighted by Gasteiger charge is -2.13. The molecule has 6 nitrogen and oxygen atoms in total. The molecule has 0 saturated heterocycles. The van der Waals surface area contributed by atoms with Gasteiger partial charge in [-0.1, -0.05) is 24.3 Å². The molecule has 2 rings (SSSR count). The Hall–Kier alpha value is -2.54. The van der Waals surface area contributed by atoms with Crippen LogP contribution in [0, 0.1) is 10.1 Å². The second-order valence-electron chi connectivity index (χ2n) is 4.70. The Morgan fingerprint density at radius 1 is 1.26 bits per heavy atom. The number of rotatable bonds is 7. The maximum Gasteiger partial charge on any atom is 0.311 e. The van der Waals surface area contributed by atoms with E-state index in [9.17, 15) is 20.0 Å². The summed E-state index contributed by atoms with van der Waals surface area (Å²) in [6.07, 6.45) is 0. The Bertz CT molecular complexity index is 702. The van der Waals surface area contributed by atoms with Gasteiger partial charge in [-0.05, 0) is 23.8 Å². The Morgan fingerprint density at radius 2 is 1.91 bits per heavy atom. The van der Waals surface area contributed by atoms with Gasteiger partial charge in [0.2, 0.25) is 0 Å². The molecular weight excluding hydrogens is 318 g/mol. The van der Waals surface area contributed by atoms with Crippen LogP contribution >= 0.6 is 11.8 Å². The number of nitrogens with zero attached hydrogens (tertiary/aromatic N) is 1. The highest BCUT2D eigenvalue weighted by atomic mass is 32.2. The van der Waals surface area contributed by atoms with E-state index in [1.165, 1.54) is 13.2 Å². The molecule has 0 aliphatic rings. The maximum atomic E-state index is 11.5. The number of methoxy groups -OCH3 is 1. The molecule has 0 aliphatic carbocycles. The van der Waals surface area contributed by atoms with Gasteiger partial charge < -0.3 is 9.84 Å². The summed E-state index contributed by atoms with van der Waals surface area (Å²) in [5, 5.41) is 20.4. The van der Waals surface area contributed by atoms with Crippen LogP contribution < -0.4 is 4.74 Å². The number of carboxylic acids is 1. The lowest BCUT2D eigenvalue weighted by atomic mass is 10.0. The zero-order chi connectivity index (χ0) is 16.8. The van der Waals surface area contributed by atoms with Crippen LogP contribution in [0.5, 0.6) is 5.75 Å².